The van der Waals surface area contributed by atoms with E-state index in [1.807, 2.05) is 24.3 Å². The minimum Gasteiger partial charge on any atom is -0.399 e. The van der Waals surface area contributed by atoms with Crippen molar-refractivity contribution < 1.29 is 8.42 Å². The van der Waals surface area contributed by atoms with Gasteiger partial charge in [0.05, 0.1) is 11.5 Å². The van der Waals surface area contributed by atoms with Crippen molar-refractivity contribution >= 4 is 15.5 Å². The predicted octanol–water partition coefficient (Wildman–Crippen LogP) is 1.17. The fraction of sp³-hybridized carbons (Fsp3) is 0.400. The molecule has 0 saturated carbocycles. The quantitative estimate of drug-likeness (QED) is 0.709. The first-order valence-electron chi connectivity index (χ1n) is 4.63. The summed E-state index contributed by atoms with van der Waals surface area (Å²) < 4.78 is 22.5. The van der Waals surface area contributed by atoms with Crippen LogP contribution in [0.3, 0.4) is 0 Å². The standard InChI is InChI=1S/C10H13NO2S/c11-10-3-1-8(2-4-10)9-5-6-14(12,13)7-9/h1-4,9H,5-7,11H2/t9-/m0/s1. The van der Waals surface area contributed by atoms with E-state index in [0.29, 0.717) is 5.75 Å². The SMILES string of the molecule is Nc1ccc([C@H]2CCS(=O)(=O)C2)cc1. The third-order valence-corrected chi connectivity index (χ3v) is 4.41. The Morgan fingerprint density at radius 3 is 2.36 bits per heavy atom. The van der Waals surface area contributed by atoms with Crippen LogP contribution in [0.25, 0.3) is 0 Å². The van der Waals surface area contributed by atoms with E-state index in [1.165, 1.54) is 0 Å². The molecule has 1 fully saturated rings. The minimum atomic E-state index is -2.78. The van der Waals surface area contributed by atoms with E-state index in [9.17, 15) is 8.42 Å². The second kappa shape index (κ2) is 3.28. The summed E-state index contributed by atoms with van der Waals surface area (Å²) in [6.45, 7) is 0. The molecule has 1 atom stereocenters. The molecule has 2 rings (SSSR count). The molecule has 1 aromatic rings. The van der Waals surface area contributed by atoms with Gasteiger partial charge in [-0.3, -0.25) is 0 Å². The largest absolute Gasteiger partial charge is 0.399 e. The maximum absolute atomic E-state index is 11.3. The summed E-state index contributed by atoms with van der Waals surface area (Å²) >= 11 is 0. The molecule has 1 aliphatic rings. The molecule has 1 aromatic carbocycles. The van der Waals surface area contributed by atoms with Crippen molar-refractivity contribution in [2.45, 2.75) is 12.3 Å². The smallest absolute Gasteiger partial charge is 0.150 e. The van der Waals surface area contributed by atoms with Crippen LogP contribution in [0.4, 0.5) is 5.69 Å². The molecule has 2 N–H and O–H groups in total. The zero-order valence-corrected chi connectivity index (χ0v) is 8.63. The molecule has 0 aliphatic carbocycles. The average Bonchev–Trinajstić information content (AvgIpc) is 2.47. The van der Waals surface area contributed by atoms with Gasteiger partial charge in [-0.2, -0.15) is 0 Å². The van der Waals surface area contributed by atoms with Crippen molar-refractivity contribution in [3.63, 3.8) is 0 Å². The number of hydrogen-bond donors (Lipinski definition) is 1. The molecular weight excluding hydrogens is 198 g/mol. The maximum atomic E-state index is 11.3. The summed E-state index contributed by atoms with van der Waals surface area (Å²) in [5.41, 5.74) is 7.36. The van der Waals surface area contributed by atoms with E-state index in [-0.39, 0.29) is 11.7 Å². The minimum absolute atomic E-state index is 0.167. The molecule has 0 aromatic heterocycles. The van der Waals surface area contributed by atoms with Crippen LogP contribution < -0.4 is 5.73 Å². The lowest BCUT2D eigenvalue weighted by Crippen LogP contribution is -2.03. The van der Waals surface area contributed by atoms with Gasteiger partial charge in [-0.05, 0) is 30.0 Å². The van der Waals surface area contributed by atoms with Gasteiger partial charge < -0.3 is 5.73 Å². The lowest BCUT2D eigenvalue weighted by molar-refractivity contribution is 0.601. The van der Waals surface area contributed by atoms with Gasteiger partial charge in [0, 0.05) is 5.69 Å². The maximum Gasteiger partial charge on any atom is 0.150 e. The first-order valence-corrected chi connectivity index (χ1v) is 6.45. The van der Waals surface area contributed by atoms with Crippen LogP contribution in [0.15, 0.2) is 24.3 Å². The first-order chi connectivity index (χ1) is 6.57. The van der Waals surface area contributed by atoms with Crippen LogP contribution >= 0.6 is 0 Å². The Hall–Kier alpha value is -1.03. The van der Waals surface area contributed by atoms with Crippen molar-refractivity contribution in [3.8, 4) is 0 Å². The molecule has 0 radical (unpaired) electrons. The molecule has 0 bridgehead atoms. The molecule has 1 aliphatic heterocycles. The molecule has 76 valence electrons. The fourth-order valence-corrected chi connectivity index (χ4v) is 3.61. The second-order valence-corrected chi connectivity index (χ2v) is 6.00. The number of hydrogen-bond acceptors (Lipinski definition) is 3. The third kappa shape index (κ3) is 1.90. The monoisotopic (exact) mass is 211 g/mol. The third-order valence-electron chi connectivity index (χ3n) is 2.64. The fourth-order valence-electron chi connectivity index (χ4n) is 1.83. The van der Waals surface area contributed by atoms with Gasteiger partial charge in [-0.25, -0.2) is 8.42 Å². The molecule has 1 heterocycles. The van der Waals surface area contributed by atoms with E-state index in [4.69, 9.17) is 5.73 Å². The van der Waals surface area contributed by atoms with E-state index < -0.39 is 9.84 Å². The van der Waals surface area contributed by atoms with E-state index >= 15 is 0 Å². The van der Waals surface area contributed by atoms with Gasteiger partial charge in [0.2, 0.25) is 0 Å². The van der Waals surface area contributed by atoms with E-state index in [1.54, 1.807) is 0 Å². The van der Waals surface area contributed by atoms with Crippen LogP contribution in [-0.4, -0.2) is 19.9 Å². The van der Waals surface area contributed by atoms with Gasteiger partial charge in [0.25, 0.3) is 0 Å². The van der Waals surface area contributed by atoms with Crippen LogP contribution in [0, 0.1) is 0 Å². The molecule has 0 unspecified atom stereocenters. The summed E-state index contributed by atoms with van der Waals surface area (Å²) in [5.74, 6) is 0.777. The summed E-state index contributed by atoms with van der Waals surface area (Å²) in [6.07, 6.45) is 0.742. The van der Waals surface area contributed by atoms with Gasteiger partial charge in [0.15, 0.2) is 9.84 Å². The highest BCUT2D eigenvalue weighted by molar-refractivity contribution is 7.91. The number of nitrogen functional groups attached to an aromatic ring is 1. The Bertz CT molecular complexity index is 422. The average molecular weight is 211 g/mol. The van der Waals surface area contributed by atoms with Gasteiger partial charge in [0.1, 0.15) is 0 Å². The molecule has 4 heteroatoms. The Kier molecular flexibility index (Phi) is 2.23. The van der Waals surface area contributed by atoms with Gasteiger partial charge in [-0.1, -0.05) is 12.1 Å². The predicted molar refractivity (Wildman–Crippen MR) is 56.9 cm³/mol. The lowest BCUT2D eigenvalue weighted by Gasteiger charge is -2.07. The van der Waals surface area contributed by atoms with E-state index in [0.717, 1.165) is 17.7 Å². The zero-order chi connectivity index (χ0) is 10.2. The summed E-state index contributed by atoms with van der Waals surface area (Å²) in [6, 6.07) is 7.47. The summed E-state index contributed by atoms with van der Waals surface area (Å²) in [7, 11) is -2.78. The molecule has 14 heavy (non-hydrogen) atoms. The number of sulfone groups is 1. The normalized spacial score (nSPS) is 25.0. The van der Waals surface area contributed by atoms with Crippen LogP contribution in [0.1, 0.15) is 17.9 Å². The molecule has 3 nitrogen and oxygen atoms in total. The highest BCUT2D eigenvalue weighted by Crippen LogP contribution is 2.28. The van der Waals surface area contributed by atoms with Crippen molar-refractivity contribution in [2.24, 2.45) is 0 Å². The van der Waals surface area contributed by atoms with Crippen LogP contribution in [0.5, 0.6) is 0 Å². The van der Waals surface area contributed by atoms with Crippen molar-refractivity contribution in [1.82, 2.24) is 0 Å². The number of benzene rings is 1. The molecule has 0 spiro atoms. The van der Waals surface area contributed by atoms with Crippen molar-refractivity contribution in [2.75, 3.05) is 17.2 Å². The molecular formula is C10H13NO2S. The highest BCUT2D eigenvalue weighted by Gasteiger charge is 2.28. The Balaban J connectivity index is 2.22. The van der Waals surface area contributed by atoms with E-state index in [2.05, 4.69) is 0 Å². The Morgan fingerprint density at radius 1 is 1.21 bits per heavy atom. The lowest BCUT2D eigenvalue weighted by atomic mass is 9.99. The van der Waals surface area contributed by atoms with Crippen molar-refractivity contribution in [3.05, 3.63) is 29.8 Å². The Labute approximate surface area is 83.9 Å². The molecule has 0 amide bonds. The Morgan fingerprint density at radius 2 is 1.86 bits per heavy atom. The topological polar surface area (TPSA) is 60.2 Å². The van der Waals surface area contributed by atoms with Crippen LogP contribution in [-0.2, 0) is 9.84 Å². The highest BCUT2D eigenvalue weighted by atomic mass is 32.2. The second-order valence-electron chi connectivity index (χ2n) is 3.77. The van der Waals surface area contributed by atoms with Gasteiger partial charge in [-0.15, -0.1) is 0 Å². The summed E-state index contributed by atoms with van der Waals surface area (Å²) in [4.78, 5) is 0. The van der Waals surface area contributed by atoms with Crippen LogP contribution in [0.2, 0.25) is 0 Å². The summed E-state index contributed by atoms with van der Waals surface area (Å²) in [5, 5.41) is 0. The number of anilines is 1. The van der Waals surface area contributed by atoms with Crippen molar-refractivity contribution in [1.29, 1.82) is 0 Å². The first kappa shape index (κ1) is 9.52. The number of nitrogens with two attached hydrogens (primary N) is 1. The zero-order valence-electron chi connectivity index (χ0n) is 7.81. The number of rotatable bonds is 1. The van der Waals surface area contributed by atoms with Gasteiger partial charge >= 0.3 is 0 Å². The molecule has 1 saturated heterocycles.